The van der Waals surface area contributed by atoms with Gasteiger partial charge in [-0.05, 0) is 0 Å². The standard InChI is InChI=1S/C12H19N5OS/c1-8(2)14-7-10-16-17-12(18-10)15-6-9(3)11-13-4-5-19-11/h4-5,8-9,14H,6-7H2,1-3H3,(H,15,17). The number of hydrogen-bond donors (Lipinski definition) is 2. The molecule has 2 aromatic heterocycles. The summed E-state index contributed by atoms with van der Waals surface area (Å²) in [5.41, 5.74) is 0. The van der Waals surface area contributed by atoms with Crippen molar-refractivity contribution in [3.63, 3.8) is 0 Å². The van der Waals surface area contributed by atoms with Crippen LogP contribution in [0.4, 0.5) is 6.01 Å². The molecule has 0 spiro atoms. The van der Waals surface area contributed by atoms with E-state index in [1.807, 2.05) is 11.6 Å². The Labute approximate surface area is 116 Å². The summed E-state index contributed by atoms with van der Waals surface area (Å²) in [6, 6.07) is 0.859. The van der Waals surface area contributed by atoms with E-state index in [0.717, 1.165) is 11.6 Å². The molecule has 0 aliphatic heterocycles. The molecule has 2 heterocycles. The van der Waals surface area contributed by atoms with E-state index < -0.39 is 0 Å². The Balaban J connectivity index is 1.80. The third-order valence-corrected chi connectivity index (χ3v) is 3.57. The highest BCUT2D eigenvalue weighted by Gasteiger charge is 2.10. The van der Waals surface area contributed by atoms with Gasteiger partial charge in [-0.15, -0.1) is 16.4 Å². The number of hydrogen-bond acceptors (Lipinski definition) is 7. The normalized spacial score (nSPS) is 12.8. The van der Waals surface area contributed by atoms with Gasteiger partial charge in [0.2, 0.25) is 5.89 Å². The first-order valence-corrected chi connectivity index (χ1v) is 7.22. The first-order chi connectivity index (χ1) is 9.15. The molecular weight excluding hydrogens is 262 g/mol. The minimum absolute atomic E-state index is 0.323. The van der Waals surface area contributed by atoms with Gasteiger partial charge in [0.1, 0.15) is 0 Å². The lowest BCUT2D eigenvalue weighted by molar-refractivity contribution is 0.458. The van der Waals surface area contributed by atoms with Crippen LogP contribution in [0.5, 0.6) is 0 Å². The summed E-state index contributed by atoms with van der Waals surface area (Å²) in [6.07, 6.45) is 1.82. The molecule has 2 rings (SSSR count). The molecule has 0 amide bonds. The molecular formula is C12H19N5OS. The molecule has 0 aliphatic rings. The van der Waals surface area contributed by atoms with Crippen LogP contribution in [0, 0.1) is 0 Å². The first-order valence-electron chi connectivity index (χ1n) is 6.34. The summed E-state index contributed by atoms with van der Waals surface area (Å²) >= 11 is 1.65. The molecule has 0 bridgehead atoms. The third kappa shape index (κ3) is 4.29. The van der Waals surface area contributed by atoms with Crippen LogP contribution in [-0.4, -0.2) is 27.8 Å². The summed E-state index contributed by atoms with van der Waals surface area (Å²) in [4.78, 5) is 4.28. The van der Waals surface area contributed by atoms with Crippen molar-refractivity contribution in [1.82, 2.24) is 20.5 Å². The Morgan fingerprint density at radius 3 is 2.84 bits per heavy atom. The van der Waals surface area contributed by atoms with Crippen LogP contribution in [0.15, 0.2) is 16.0 Å². The van der Waals surface area contributed by atoms with Crippen molar-refractivity contribution in [3.8, 4) is 0 Å². The fraction of sp³-hybridized carbons (Fsp3) is 0.583. The number of aromatic nitrogens is 3. The fourth-order valence-corrected chi connectivity index (χ4v) is 2.19. The maximum absolute atomic E-state index is 5.49. The molecule has 2 aromatic rings. The number of nitrogens with one attached hydrogen (secondary N) is 2. The Hall–Kier alpha value is -1.47. The van der Waals surface area contributed by atoms with Crippen LogP contribution in [0.1, 0.15) is 37.6 Å². The zero-order valence-corrected chi connectivity index (χ0v) is 12.2. The van der Waals surface area contributed by atoms with Gasteiger partial charge in [-0.3, -0.25) is 0 Å². The minimum Gasteiger partial charge on any atom is -0.407 e. The van der Waals surface area contributed by atoms with E-state index in [2.05, 4.69) is 46.6 Å². The van der Waals surface area contributed by atoms with E-state index in [1.165, 1.54) is 0 Å². The van der Waals surface area contributed by atoms with Crippen LogP contribution >= 0.6 is 11.3 Å². The van der Waals surface area contributed by atoms with E-state index in [0.29, 0.717) is 30.4 Å². The van der Waals surface area contributed by atoms with Crippen molar-refractivity contribution >= 4 is 17.4 Å². The molecule has 1 unspecified atom stereocenters. The molecule has 7 heteroatoms. The molecule has 0 saturated heterocycles. The van der Waals surface area contributed by atoms with Crippen LogP contribution in [0.3, 0.4) is 0 Å². The SMILES string of the molecule is CC(C)NCc1nnc(NCC(C)c2nccs2)o1. The first kappa shape index (κ1) is 14.0. The average molecular weight is 281 g/mol. The maximum atomic E-state index is 5.49. The van der Waals surface area contributed by atoms with Crippen molar-refractivity contribution in [2.75, 3.05) is 11.9 Å². The van der Waals surface area contributed by atoms with Crippen molar-refractivity contribution in [3.05, 3.63) is 22.5 Å². The molecule has 0 aliphatic carbocycles. The van der Waals surface area contributed by atoms with E-state index >= 15 is 0 Å². The third-order valence-electron chi connectivity index (χ3n) is 2.56. The fourth-order valence-electron chi connectivity index (χ4n) is 1.49. The molecule has 19 heavy (non-hydrogen) atoms. The highest BCUT2D eigenvalue weighted by Crippen LogP contribution is 2.18. The van der Waals surface area contributed by atoms with Crippen LogP contribution in [0.25, 0.3) is 0 Å². The summed E-state index contributed by atoms with van der Waals surface area (Å²) in [5, 5.41) is 17.4. The topological polar surface area (TPSA) is 75.9 Å². The Kier molecular flexibility index (Phi) is 4.86. The van der Waals surface area contributed by atoms with Gasteiger partial charge in [-0.1, -0.05) is 25.9 Å². The van der Waals surface area contributed by atoms with Gasteiger partial charge < -0.3 is 15.1 Å². The quantitative estimate of drug-likeness (QED) is 0.810. The Morgan fingerprint density at radius 1 is 1.32 bits per heavy atom. The average Bonchev–Trinajstić information content (AvgIpc) is 3.04. The predicted octanol–water partition coefficient (Wildman–Crippen LogP) is 2.24. The second-order valence-electron chi connectivity index (χ2n) is 4.69. The summed E-state index contributed by atoms with van der Waals surface area (Å²) in [7, 11) is 0. The molecule has 2 N–H and O–H groups in total. The van der Waals surface area contributed by atoms with Gasteiger partial charge >= 0.3 is 6.01 Å². The zero-order chi connectivity index (χ0) is 13.7. The highest BCUT2D eigenvalue weighted by molar-refractivity contribution is 7.09. The van der Waals surface area contributed by atoms with Gasteiger partial charge in [-0.25, -0.2) is 4.98 Å². The zero-order valence-electron chi connectivity index (χ0n) is 11.4. The van der Waals surface area contributed by atoms with Gasteiger partial charge in [-0.2, -0.15) is 0 Å². The maximum Gasteiger partial charge on any atom is 0.315 e. The van der Waals surface area contributed by atoms with Crippen molar-refractivity contribution in [2.24, 2.45) is 0 Å². The van der Waals surface area contributed by atoms with Crippen molar-refractivity contribution < 1.29 is 4.42 Å². The number of nitrogens with zero attached hydrogens (tertiary/aromatic N) is 3. The van der Waals surface area contributed by atoms with E-state index in [-0.39, 0.29) is 0 Å². The van der Waals surface area contributed by atoms with E-state index in [1.54, 1.807) is 11.3 Å². The number of anilines is 1. The van der Waals surface area contributed by atoms with Gasteiger partial charge in [0.15, 0.2) is 0 Å². The van der Waals surface area contributed by atoms with Gasteiger partial charge in [0, 0.05) is 30.1 Å². The molecule has 104 valence electrons. The molecule has 0 aromatic carbocycles. The lowest BCUT2D eigenvalue weighted by Crippen LogP contribution is -2.21. The van der Waals surface area contributed by atoms with Crippen LogP contribution in [-0.2, 0) is 6.54 Å². The smallest absolute Gasteiger partial charge is 0.315 e. The molecule has 0 fully saturated rings. The van der Waals surface area contributed by atoms with Crippen LogP contribution in [0.2, 0.25) is 0 Å². The highest BCUT2D eigenvalue weighted by atomic mass is 32.1. The summed E-state index contributed by atoms with van der Waals surface area (Å²) < 4.78 is 5.49. The second kappa shape index (κ2) is 6.63. The van der Waals surface area contributed by atoms with E-state index in [4.69, 9.17) is 4.42 Å². The number of rotatable bonds is 7. The van der Waals surface area contributed by atoms with Crippen LogP contribution < -0.4 is 10.6 Å². The monoisotopic (exact) mass is 281 g/mol. The number of thiazole rings is 1. The molecule has 0 radical (unpaired) electrons. The van der Waals surface area contributed by atoms with Crippen molar-refractivity contribution in [1.29, 1.82) is 0 Å². The lowest BCUT2D eigenvalue weighted by Gasteiger charge is -2.07. The minimum atomic E-state index is 0.323. The summed E-state index contributed by atoms with van der Waals surface area (Å²) in [6.45, 7) is 7.58. The predicted molar refractivity (Wildman–Crippen MR) is 75.3 cm³/mol. The lowest BCUT2D eigenvalue weighted by atomic mass is 10.2. The molecule has 1 atom stereocenters. The van der Waals surface area contributed by atoms with Gasteiger partial charge in [0.05, 0.1) is 11.6 Å². The van der Waals surface area contributed by atoms with Crippen molar-refractivity contribution in [2.45, 2.75) is 39.3 Å². The second-order valence-corrected chi connectivity index (χ2v) is 5.61. The van der Waals surface area contributed by atoms with E-state index in [9.17, 15) is 0 Å². The van der Waals surface area contributed by atoms with Gasteiger partial charge in [0.25, 0.3) is 0 Å². The Morgan fingerprint density at radius 2 is 2.16 bits per heavy atom. The Bertz CT molecular complexity index is 482. The molecule has 6 nitrogen and oxygen atoms in total. The molecule has 0 saturated carbocycles. The summed E-state index contributed by atoms with van der Waals surface area (Å²) in [5.74, 6) is 0.919. The largest absolute Gasteiger partial charge is 0.407 e.